The van der Waals surface area contributed by atoms with Crippen molar-refractivity contribution >= 4 is 44.1 Å². The van der Waals surface area contributed by atoms with Crippen LogP contribution in [0.2, 0.25) is 5.02 Å². The van der Waals surface area contributed by atoms with E-state index in [2.05, 4.69) is 14.3 Å². The molecule has 31 heavy (non-hydrogen) atoms. The van der Waals surface area contributed by atoms with Gasteiger partial charge in [-0.05, 0) is 62.2 Å². The average Bonchev–Trinajstić information content (AvgIpc) is 3.45. The summed E-state index contributed by atoms with van der Waals surface area (Å²) in [5, 5.41) is 1.61. The van der Waals surface area contributed by atoms with Crippen LogP contribution in [0.5, 0.6) is 0 Å². The number of nitrogens with zero attached hydrogens (tertiary/aromatic N) is 3. The molecule has 3 aromatic rings. The molecule has 162 valence electrons. The Kier molecular flexibility index (Phi) is 4.84. The zero-order valence-corrected chi connectivity index (χ0v) is 18.7. The minimum Gasteiger partial charge on any atom is -0.343 e. The van der Waals surface area contributed by atoms with Gasteiger partial charge < -0.3 is 9.47 Å². The second-order valence-corrected chi connectivity index (χ2v) is 10.7. The number of sulfonamides is 1. The Morgan fingerprint density at radius 1 is 1.23 bits per heavy atom. The van der Waals surface area contributed by atoms with Gasteiger partial charge >= 0.3 is 0 Å². The summed E-state index contributed by atoms with van der Waals surface area (Å²) in [5.74, 6) is 0.164. The zero-order valence-electron chi connectivity index (χ0n) is 17.1. The van der Waals surface area contributed by atoms with Crippen molar-refractivity contribution in [1.29, 1.82) is 0 Å². The van der Waals surface area contributed by atoms with Crippen molar-refractivity contribution in [3.63, 3.8) is 0 Å². The van der Waals surface area contributed by atoms with Gasteiger partial charge in [0.1, 0.15) is 0 Å². The fraction of sp³-hybridized carbons (Fsp3) is 0.364. The summed E-state index contributed by atoms with van der Waals surface area (Å²) < 4.78 is 28.2. The monoisotopic (exact) mass is 458 g/mol. The number of hydrogen-bond donors (Lipinski definition) is 1. The number of anilines is 1. The van der Waals surface area contributed by atoms with E-state index in [1.807, 2.05) is 35.2 Å². The van der Waals surface area contributed by atoms with Crippen molar-refractivity contribution in [3.8, 4) is 0 Å². The van der Waals surface area contributed by atoms with Crippen molar-refractivity contribution in [2.24, 2.45) is 0 Å². The molecule has 0 unspecified atom stereocenters. The van der Waals surface area contributed by atoms with Crippen molar-refractivity contribution in [2.75, 3.05) is 17.7 Å². The molecule has 1 saturated carbocycles. The van der Waals surface area contributed by atoms with Crippen LogP contribution in [0.15, 0.2) is 42.7 Å². The van der Waals surface area contributed by atoms with Crippen LogP contribution in [0.3, 0.4) is 0 Å². The van der Waals surface area contributed by atoms with E-state index in [-0.39, 0.29) is 17.1 Å². The lowest BCUT2D eigenvalue weighted by atomic mass is 9.99. The van der Waals surface area contributed by atoms with E-state index < -0.39 is 10.0 Å². The summed E-state index contributed by atoms with van der Waals surface area (Å²) in [6, 6.07) is 9.66. The van der Waals surface area contributed by atoms with Crippen LogP contribution in [0, 0.1) is 0 Å². The minimum atomic E-state index is -3.28. The molecular weight excluding hydrogens is 436 g/mol. The number of aryl methyl sites for hydroxylation is 1. The average molecular weight is 459 g/mol. The fourth-order valence-corrected chi connectivity index (χ4v) is 5.52. The third-order valence-electron chi connectivity index (χ3n) is 6.39. The van der Waals surface area contributed by atoms with Crippen molar-refractivity contribution < 1.29 is 13.2 Å². The normalized spacial score (nSPS) is 17.0. The Balaban J connectivity index is 1.50. The molecule has 2 aromatic heterocycles. The van der Waals surface area contributed by atoms with E-state index in [0.717, 1.165) is 40.7 Å². The molecule has 1 aromatic carbocycles. The van der Waals surface area contributed by atoms with Gasteiger partial charge in [-0.1, -0.05) is 11.6 Å². The van der Waals surface area contributed by atoms with Crippen LogP contribution >= 0.6 is 11.6 Å². The smallest absolute Gasteiger partial charge is 0.238 e. The lowest BCUT2D eigenvalue weighted by molar-refractivity contribution is -0.120. The molecule has 0 saturated heterocycles. The molecule has 2 aliphatic rings. The number of rotatable bonds is 7. The number of amides is 1. The largest absolute Gasteiger partial charge is 0.343 e. The number of fused-ring (bicyclic) bond motifs is 3. The van der Waals surface area contributed by atoms with Crippen molar-refractivity contribution in [2.45, 2.75) is 37.8 Å². The maximum Gasteiger partial charge on any atom is 0.238 e. The third kappa shape index (κ3) is 3.43. The fourth-order valence-electron chi connectivity index (χ4n) is 4.62. The Labute approximate surface area is 186 Å². The van der Waals surface area contributed by atoms with Crippen molar-refractivity contribution in [1.82, 2.24) is 14.3 Å². The van der Waals surface area contributed by atoms with Gasteiger partial charge in [0, 0.05) is 34.4 Å². The molecule has 1 aliphatic heterocycles. The van der Waals surface area contributed by atoms with Gasteiger partial charge in [-0.2, -0.15) is 0 Å². The summed E-state index contributed by atoms with van der Waals surface area (Å²) in [7, 11) is -1.86. The molecule has 0 bridgehead atoms. The Morgan fingerprint density at radius 3 is 2.77 bits per heavy atom. The van der Waals surface area contributed by atoms with Crippen LogP contribution in [-0.2, 0) is 33.3 Å². The quantitative estimate of drug-likeness (QED) is 0.589. The molecule has 0 radical (unpaired) electrons. The van der Waals surface area contributed by atoms with Crippen LogP contribution in [0.1, 0.15) is 30.5 Å². The number of nitrogens with one attached hydrogen (secondary N) is 1. The summed E-state index contributed by atoms with van der Waals surface area (Å²) >= 11 is 6.20. The van der Waals surface area contributed by atoms with Crippen molar-refractivity contribution in [3.05, 3.63) is 59.0 Å². The Morgan fingerprint density at radius 2 is 2.03 bits per heavy atom. The van der Waals surface area contributed by atoms with Gasteiger partial charge in [0.25, 0.3) is 0 Å². The van der Waals surface area contributed by atoms with Gasteiger partial charge in [-0.15, -0.1) is 0 Å². The SMILES string of the molecule is CNS(=O)(=O)CCCn1c(CN2C(=O)C3(CC3)c3ccncc32)cc2cc(Cl)ccc21. The maximum absolute atomic E-state index is 13.3. The molecule has 0 atom stereocenters. The number of pyridine rings is 1. The first-order valence-corrected chi connectivity index (χ1v) is 12.3. The summed E-state index contributed by atoms with van der Waals surface area (Å²) in [4.78, 5) is 19.4. The van der Waals surface area contributed by atoms with E-state index in [1.165, 1.54) is 7.05 Å². The summed E-state index contributed by atoms with van der Waals surface area (Å²) in [6.45, 7) is 0.929. The first-order chi connectivity index (χ1) is 14.8. The van der Waals surface area contributed by atoms with Gasteiger partial charge in [0.05, 0.1) is 29.6 Å². The molecule has 1 fully saturated rings. The van der Waals surface area contributed by atoms with Gasteiger partial charge in [0.15, 0.2) is 0 Å². The van der Waals surface area contributed by atoms with Crippen LogP contribution in [0.25, 0.3) is 10.9 Å². The molecule has 7 nitrogen and oxygen atoms in total. The van der Waals surface area contributed by atoms with E-state index >= 15 is 0 Å². The Hall–Kier alpha value is -2.42. The van der Waals surface area contributed by atoms with Gasteiger partial charge in [-0.3, -0.25) is 9.78 Å². The lowest BCUT2D eigenvalue weighted by Gasteiger charge is -2.20. The van der Waals surface area contributed by atoms with Gasteiger partial charge in [-0.25, -0.2) is 13.1 Å². The molecule has 1 spiro atoms. The van der Waals surface area contributed by atoms with Crippen LogP contribution < -0.4 is 9.62 Å². The highest BCUT2D eigenvalue weighted by atomic mass is 35.5. The zero-order chi connectivity index (χ0) is 21.8. The molecular formula is C22H23ClN4O3S. The number of halogens is 1. The summed E-state index contributed by atoms with van der Waals surface area (Å²) in [5.41, 5.74) is 3.48. The number of hydrogen-bond acceptors (Lipinski definition) is 4. The van der Waals surface area contributed by atoms with E-state index in [1.54, 1.807) is 12.4 Å². The third-order valence-corrected chi connectivity index (χ3v) is 8.07. The molecule has 5 rings (SSSR count). The highest BCUT2D eigenvalue weighted by Crippen LogP contribution is 2.57. The van der Waals surface area contributed by atoms with E-state index in [0.29, 0.717) is 24.5 Å². The Bertz CT molecular complexity index is 1300. The highest BCUT2D eigenvalue weighted by Gasteiger charge is 2.59. The van der Waals surface area contributed by atoms with Crippen LogP contribution in [-0.4, -0.2) is 36.7 Å². The number of carbonyl (C=O) groups excluding carboxylic acids is 1. The van der Waals surface area contributed by atoms with E-state index in [4.69, 9.17) is 11.6 Å². The number of carbonyl (C=O) groups is 1. The predicted octanol–water partition coefficient (Wildman–Crippen LogP) is 3.21. The van der Waals surface area contributed by atoms with E-state index in [9.17, 15) is 13.2 Å². The molecule has 9 heteroatoms. The minimum absolute atomic E-state index is 0.0364. The molecule has 1 amide bonds. The number of aromatic nitrogens is 2. The number of benzene rings is 1. The first-order valence-electron chi connectivity index (χ1n) is 10.3. The molecule has 3 heterocycles. The second kappa shape index (κ2) is 7.32. The van der Waals surface area contributed by atoms with Crippen LogP contribution in [0.4, 0.5) is 5.69 Å². The predicted molar refractivity (Wildman–Crippen MR) is 121 cm³/mol. The topological polar surface area (TPSA) is 84.3 Å². The lowest BCUT2D eigenvalue weighted by Crippen LogP contribution is -2.32. The highest BCUT2D eigenvalue weighted by molar-refractivity contribution is 7.89. The first kappa shape index (κ1) is 20.5. The maximum atomic E-state index is 13.3. The second-order valence-electron chi connectivity index (χ2n) is 8.23. The standard InChI is InChI=1S/C22H23ClN4O3S/c1-24-31(29,30)10-2-9-26-17(12-15-11-16(23)3-4-19(15)26)14-27-20-13-25-8-5-18(20)22(6-7-22)21(27)28/h3-5,8,11-13,24H,2,6-7,9-10,14H2,1H3. The van der Waals surface area contributed by atoms with Gasteiger partial charge in [0.2, 0.25) is 15.9 Å². The molecule has 1 aliphatic carbocycles. The molecule has 1 N–H and O–H groups in total. The summed E-state index contributed by atoms with van der Waals surface area (Å²) in [6.07, 6.45) is 5.72.